The smallest absolute Gasteiger partial charge is 0.244 e. The molecule has 1 aromatic rings. The molecule has 0 heterocycles. The zero-order valence-electron chi connectivity index (χ0n) is 12.0. The number of benzene rings is 1. The molecule has 0 unspecified atom stereocenters. The predicted octanol–water partition coefficient (Wildman–Crippen LogP) is 1.62. The number of nitrogens with one attached hydrogen (secondary N) is 1. The van der Waals surface area contributed by atoms with Crippen LogP contribution in [-0.4, -0.2) is 22.1 Å². The largest absolute Gasteiger partial charge is 0.495 e. The number of hydrogen-bond acceptors (Lipinski definition) is 4. The molecule has 20 heavy (non-hydrogen) atoms. The second-order valence-corrected chi connectivity index (χ2v) is 7.41. The van der Waals surface area contributed by atoms with Crippen molar-refractivity contribution in [1.29, 1.82) is 0 Å². The topological polar surface area (TPSA) is 81.4 Å². The number of nitrogens with two attached hydrogens (primary N) is 1. The number of ether oxygens (including phenoxy) is 1. The maximum absolute atomic E-state index is 12.4. The highest BCUT2D eigenvalue weighted by Crippen LogP contribution is 2.39. The average molecular weight is 298 g/mol. The highest BCUT2D eigenvalue weighted by atomic mass is 32.2. The van der Waals surface area contributed by atoms with Crippen molar-refractivity contribution >= 4 is 10.0 Å². The normalized spacial score (nSPS) is 17.6. The molecule has 0 atom stereocenters. The molecule has 0 amide bonds. The van der Waals surface area contributed by atoms with Crippen LogP contribution in [0.4, 0.5) is 0 Å². The van der Waals surface area contributed by atoms with Gasteiger partial charge in [0, 0.05) is 13.1 Å². The highest BCUT2D eigenvalue weighted by Gasteiger charge is 2.33. The van der Waals surface area contributed by atoms with Crippen molar-refractivity contribution in [2.75, 3.05) is 13.7 Å². The molecular weight excluding hydrogens is 276 g/mol. The first-order valence-electron chi connectivity index (χ1n) is 6.77. The van der Waals surface area contributed by atoms with Gasteiger partial charge in [-0.15, -0.1) is 0 Å². The summed E-state index contributed by atoms with van der Waals surface area (Å²) in [5.74, 6) is 0.333. The molecule has 1 saturated carbocycles. The van der Waals surface area contributed by atoms with Gasteiger partial charge >= 0.3 is 0 Å². The Morgan fingerprint density at radius 3 is 2.60 bits per heavy atom. The number of sulfonamides is 1. The Morgan fingerprint density at radius 1 is 1.40 bits per heavy atom. The minimum Gasteiger partial charge on any atom is -0.495 e. The molecule has 6 heteroatoms. The Kier molecular flexibility index (Phi) is 4.36. The molecule has 1 fully saturated rings. The Balaban J connectivity index is 2.20. The van der Waals surface area contributed by atoms with E-state index in [2.05, 4.69) is 11.6 Å². The summed E-state index contributed by atoms with van der Waals surface area (Å²) in [6.07, 6.45) is 3.31. The van der Waals surface area contributed by atoms with Crippen molar-refractivity contribution < 1.29 is 13.2 Å². The van der Waals surface area contributed by atoms with Crippen LogP contribution >= 0.6 is 0 Å². The maximum Gasteiger partial charge on any atom is 0.244 e. The fourth-order valence-corrected chi connectivity index (χ4v) is 3.71. The predicted molar refractivity (Wildman–Crippen MR) is 78.0 cm³/mol. The second-order valence-electron chi connectivity index (χ2n) is 5.68. The fourth-order valence-electron chi connectivity index (χ4n) is 2.37. The number of rotatable bonds is 6. The lowest BCUT2D eigenvalue weighted by Gasteiger charge is -2.38. The third-order valence-corrected chi connectivity index (χ3v) is 5.44. The average Bonchev–Trinajstić information content (AvgIpc) is 2.42. The van der Waals surface area contributed by atoms with Crippen LogP contribution in [0.3, 0.4) is 0 Å². The summed E-state index contributed by atoms with van der Waals surface area (Å²) in [4.78, 5) is 0.167. The first-order valence-corrected chi connectivity index (χ1v) is 8.25. The van der Waals surface area contributed by atoms with E-state index in [-0.39, 0.29) is 10.3 Å². The third-order valence-electron chi connectivity index (χ3n) is 4.00. The first kappa shape index (κ1) is 15.3. The van der Waals surface area contributed by atoms with Crippen LogP contribution in [0.2, 0.25) is 0 Å². The molecule has 2 rings (SSSR count). The standard InChI is InChI=1S/C14H22N2O3S/c1-14(6-3-7-14)10-16-20(17,18)13-5-4-11(9-15)8-12(13)19-2/h4-5,8,16H,3,6-7,9-10,15H2,1-2H3. The molecule has 0 spiro atoms. The lowest BCUT2D eigenvalue weighted by molar-refractivity contribution is 0.166. The fraction of sp³-hybridized carbons (Fsp3) is 0.571. The summed E-state index contributed by atoms with van der Waals surface area (Å²) >= 11 is 0. The molecule has 0 bridgehead atoms. The van der Waals surface area contributed by atoms with Crippen LogP contribution in [0, 0.1) is 5.41 Å². The molecule has 5 nitrogen and oxygen atoms in total. The van der Waals surface area contributed by atoms with Crippen LogP contribution in [-0.2, 0) is 16.6 Å². The zero-order valence-corrected chi connectivity index (χ0v) is 12.8. The van der Waals surface area contributed by atoms with Gasteiger partial charge in [-0.3, -0.25) is 0 Å². The van der Waals surface area contributed by atoms with Crippen molar-refractivity contribution in [3.8, 4) is 5.75 Å². The Hall–Kier alpha value is -1.11. The van der Waals surface area contributed by atoms with E-state index >= 15 is 0 Å². The Morgan fingerprint density at radius 2 is 2.10 bits per heavy atom. The SMILES string of the molecule is COc1cc(CN)ccc1S(=O)(=O)NCC1(C)CCC1. The van der Waals surface area contributed by atoms with E-state index in [4.69, 9.17) is 10.5 Å². The first-order chi connectivity index (χ1) is 9.40. The van der Waals surface area contributed by atoms with Crippen molar-refractivity contribution in [2.24, 2.45) is 11.1 Å². The third kappa shape index (κ3) is 3.13. The molecule has 0 aromatic heterocycles. The molecule has 3 N–H and O–H groups in total. The van der Waals surface area contributed by atoms with Crippen molar-refractivity contribution in [3.63, 3.8) is 0 Å². The van der Waals surface area contributed by atoms with E-state index < -0.39 is 10.0 Å². The van der Waals surface area contributed by atoms with Gasteiger partial charge in [0.15, 0.2) is 0 Å². The van der Waals surface area contributed by atoms with Crippen LogP contribution in [0.1, 0.15) is 31.7 Å². The van der Waals surface area contributed by atoms with E-state index in [0.29, 0.717) is 18.8 Å². The quantitative estimate of drug-likeness (QED) is 0.836. The molecule has 1 aliphatic rings. The molecule has 1 aliphatic carbocycles. The second kappa shape index (κ2) is 5.71. The monoisotopic (exact) mass is 298 g/mol. The van der Waals surface area contributed by atoms with Crippen LogP contribution in [0.5, 0.6) is 5.75 Å². The molecule has 0 aliphatic heterocycles. The van der Waals surface area contributed by atoms with Crippen LogP contribution < -0.4 is 15.2 Å². The molecule has 0 radical (unpaired) electrons. The summed E-state index contributed by atoms with van der Waals surface area (Å²) in [7, 11) is -2.09. The summed E-state index contributed by atoms with van der Waals surface area (Å²) in [6.45, 7) is 2.92. The van der Waals surface area contributed by atoms with Crippen molar-refractivity contribution in [3.05, 3.63) is 23.8 Å². The number of methoxy groups -OCH3 is 1. The summed E-state index contributed by atoms with van der Waals surface area (Å²) in [5, 5.41) is 0. The Labute approximate surface area is 120 Å². The lowest BCUT2D eigenvalue weighted by Crippen LogP contribution is -2.39. The highest BCUT2D eigenvalue weighted by molar-refractivity contribution is 7.89. The van der Waals surface area contributed by atoms with Gasteiger partial charge in [-0.1, -0.05) is 19.4 Å². The van der Waals surface area contributed by atoms with E-state index in [1.807, 2.05) is 0 Å². The van der Waals surface area contributed by atoms with E-state index in [0.717, 1.165) is 18.4 Å². The summed E-state index contributed by atoms with van der Waals surface area (Å²) < 4.78 is 32.6. The van der Waals surface area contributed by atoms with E-state index in [1.54, 1.807) is 18.2 Å². The minimum absolute atomic E-state index is 0.0947. The van der Waals surface area contributed by atoms with Gasteiger partial charge in [0.2, 0.25) is 10.0 Å². The van der Waals surface area contributed by atoms with Gasteiger partial charge in [-0.25, -0.2) is 13.1 Å². The van der Waals surface area contributed by atoms with Crippen LogP contribution in [0.25, 0.3) is 0 Å². The van der Waals surface area contributed by atoms with Crippen molar-refractivity contribution in [1.82, 2.24) is 4.72 Å². The van der Waals surface area contributed by atoms with Gasteiger partial charge < -0.3 is 10.5 Å². The lowest BCUT2D eigenvalue weighted by atomic mass is 9.71. The molecule has 0 saturated heterocycles. The summed E-state index contributed by atoms with van der Waals surface area (Å²) in [6, 6.07) is 4.92. The zero-order chi connectivity index (χ0) is 14.8. The maximum atomic E-state index is 12.4. The van der Waals surface area contributed by atoms with Crippen molar-refractivity contribution in [2.45, 2.75) is 37.6 Å². The Bertz CT molecular complexity index is 580. The number of hydrogen-bond donors (Lipinski definition) is 2. The molecule has 1 aromatic carbocycles. The van der Waals surface area contributed by atoms with E-state index in [9.17, 15) is 8.42 Å². The van der Waals surface area contributed by atoms with Gasteiger partial charge in [-0.2, -0.15) is 0 Å². The van der Waals surface area contributed by atoms with E-state index in [1.165, 1.54) is 13.5 Å². The summed E-state index contributed by atoms with van der Waals surface area (Å²) in [5.41, 5.74) is 6.49. The van der Waals surface area contributed by atoms with Gasteiger partial charge in [0.25, 0.3) is 0 Å². The minimum atomic E-state index is -3.55. The van der Waals surface area contributed by atoms with Gasteiger partial charge in [0.1, 0.15) is 10.6 Å². The van der Waals surface area contributed by atoms with Crippen LogP contribution in [0.15, 0.2) is 23.1 Å². The molecular formula is C14H22N2O3S. The van der Waals surface area contributed by atoms with Gasteiger partial charge in [-0.05, 0) is 36.0 Å². The molecule has 112 valence electrons. The van der Waals surface area contributed by atoms with Gasteiger partial charge in [0.05, 0.1) is 7.11 Å².